The zero-order valence-electron chi connectivity index (χ0n) is 12.5. The summed E-state index contributed by atoms with van der Waals surface area (Å²) in [5.74, 6) is -11.8. The molecule has 0 atom stereocenters. The first-order valence-electron chi connectivity index (χ1n) is 6.68. The van der Waals surface area contributed by atoms with Crippen LogP contribution in [-0.4, -0.2) is 28.4 Å². The predicted octanol–water partition coefficient (Wildman–Crippen LogP) is 3.69. The molecule has 0 aliphatic carbocycles. The lowest BCUT2D eigenvalue weighted by Crippen LogP contribution is -2.50. The summed E-state index contributed by atoms with van der Waals surface area (Å²) in [5.41, 5.74) is 5.75. The summed E-state index contributed by atoms with van der Waals surface area (Å²) in [6, 6.07) is 3.54. The molecule has 26 heavy (non-hydrogen) atoms. The number of nitrogens with zero attached hydrogens (tertiary/aromatic N) is 2. The van der Waals surface area contributed by atoms with Crippen molar-refractivity contribution in [1.82, 2.24) is 10.4 Å². The van der Waals surface area contributed by atoms with Gasteiger partial charge >= 0.3 is 18.0 Å². The van der Waals surface area contributed by atoms with E-state index in [1.807, 2.05) is 0 Å². The first-order valence-corrected chi connectivity index (χ1v) is 7.09. The summed E-state index contributed by atoms with van der Waals surface area (Å²) in [7, 11) is 0. The largest absolute Gasteiger partial charge is 0.460 e. The van der Waals surface area contributed by atoms with Crippen LogP contribution >= 0.6 is 12.2 Å². The molecule has 0 saturated carbocycles. The highest BCUT2D eigenvalue weighted by Gasteiger charge is 2.73. The van der Waals surface area contributed by atoms with Crippen LogP contribution in [0.1, 0.15) is 11.3 Å². The fourth-order valence-electron chi connectivity index (χ4n) is 2.11. The van der Waals surface area contributed by atoms with Crippen LogP contribution in [0.15, 0.2) is 35.6 Å². The number of hydrogen-bond donors (Lipinski definition) is 2. The van der Waals surface area contributed by atoms with E-state index in [1.165, 1.54) is 6.07 Å². The van der Waals surface area contributed by atoms with E-state index < -0.39 is 29.0 Å². The second kappa shape index (κ2) is 6.67. The Morgan fingerprint density at radius 1 is 1.08 bits per heavy atom. The summed E-state index contributed by atoms with van der Waals surface area (Å²) in [6.45, 7) is 0. The number of hydrogen-bond acceptors (Lipinski definition) is 3. The molecule has 4 nitrogen and oxygen atoms in total. The second-order valence-electron chi connectivity index (χ2n) is 4.98. The summed E-state index contributed by atoms with van der Waals surface area (Å²) in [6.07, 6.45) is -4.46. The molecular weight excluding hydrogens is 389 g/mol. The molecule has 140 valence electrons. The number of nitrogens with two attached hydrogens (primary N) is 1. The van der Waals surface area contributed by atoms with Crippen molar-refractivity contribution in [3.05, 3.63) is 41.7 Å². The Kier molecular flexibility index (Phi) is 5.08. The minimum absolute atomic E-state index is 0.0702. The van der Waals surface area contributed by atoms with Crippen LogP contribution in [0, 0.1) is 0 Å². The molecule has 0 spiro atoms. The number of thiocarbonyl (C=S) groups is 1. The lowest BCUT2D eigenvalue weighted by molar-refractivity contribution is -0.359. The molecule has 0 bridgehead atoms. The predicted molar refractivity (Wildman–Crippen MR) is 84.2 cm³/mol. The third-order valence-electron chi connectivity index (χ3n) is 3.29. The third kappa shape index (κ3) is 3.41. The quantitative estimate of drug-likeness (QED) is 0.357. The van der Waals surface area contributed by atoms with Gasteiger partial charge in [0, 0.05) is 17.1 Å². The average Bonchev–Trinajstić information content (AvgIpc) is 2.53. The summed E-state index contributed by atoms with van der Waals surface area (Å²) < 4.78 is 92.2. The van der Waals surface area contributed by atoms with Crippen molar-refractivity contribution in [3.8, 4) is 0 Å². The van der Waals surface area contributed by atoms with Crippen LogP contribution in [0.2, 0.25) is 0 Å². The maximum absolute atomic E-state index is 14.1. The Labute approximate surface area is 146 Å². The number of alkyl halides is 7. The Bertz CT molecular complexity index is 864. The number of hydrazone groups is 1. The second-order valence-corrected chi connectivity index (χ2v) is 5.42. The van der Waals surface area contributed by atoms with Gasteiger partial charge in [-0.1, -0.05) is 18.2 Å². The highest BCUT2D eigenvalue weighted by Crippen LogP contribution is 2.52. The van der Waals surface area contributed by atoms with Crippen molar-refractivity contribution in [2.75, 3.05) is 0 Å². The summed E-state index contributed by atoms with van der Waals surface area (Å²) in [5, 5.41) is 2.69. The van der Waals surface area contributed by atoms with Gasteiger partial charge in [-0.05, 0) is 23.7 Å². The van der Waals surface area contributed by atoms with E-state index in [0.29, 0.717) is 6.07 Å². The minimum atomic E-state index is -6.43. The van der Waals surface area contributed by atoms with Gasteiger partial charge in [-0.15, -0.1) is 0 Å². The molecule has 0 amide bonds. The molecular formula is C14H9F7N4S. The van der Waals surface area contributed by atoms with Crippen molar-refractivity contribution < 1.29 is 30.7 Å². The van der Waals surface area contributed by atoms with Crippen molar-refractivity contribution in [2.24, 2.45) is 10.8 Å². The molecule has 0 unspecified atom stereocenters. The van der Waals surface area contributed by atoms with Gasteiger partial charge in [0.05, 0.1) is 11.9 Å². The Balaban J connectivity index is 2.64. The van der Waals surface area contributed by atoms with E-state index in [4.69, 9.17) is 5.73 Å². The zero-order valence-corrected chi connectivity index (χ0v) is 13.3. The highest BCUT2D eigenvalue weighted by molar-refractivity contribution is 7.80. The standard InChI is InChI=1S/C14H9F7N4S/c15-12(16,13(17,18)14(19,20)21)9-3-1-2-8-7(9)4-5-23-10(8)6-24-25-11(22)26/h1-6H,(H3,22,25,26)/b24-6+. The van der Waals surface area contributed by atoms with Gasteiger partial charge in [0.2, 0.25) is 0 Å². The molecule has 0 fully saturated rings. The van der Waals surface area contributed by atoms with Crippen LogP contribution in [-0.2, 0) is 5.92 Å². The van der Waals surface area contributed by atoms with Crippen LogP contribution in [0.25, 0.3) is 10.8 Å². The number of halogens is 7. The highest BCUT2D eigenvalue weighted by atomic mass is 32.1. The Morgan fingerprint density at radius 3 is 2.31 bits per heavy atom. The SMILES string of the molecule is NC(=S)N/N=C/c1nccc2c(C(F)(F)C(F)(F)C(F)(F)F)cccc12. The fraction of sp³-hybridized carbons (Fsp3) is 0.214. The molecule has 0 aliphatic rings. The van der Waals surface area contributed by atoms with E-state index >= 15 is 0 Å². The summed E-state index contributed by atoms with van der Waals surface area (Å²) >= 11 is 4.50. The normalized spacial score (nSPS) is 13.3. The molecule has 1 heterocycles. The van der Waals surface area contributed by atoms with Gasteiger partial charge in [0.15, 0.2) is 5.11 Å². The van der Waals surface area contributed by atoms with Crippen LogP contribution in [0.5, 0.6) is 0 Å². The van der Waals surface area contributed by atoms with E-state index in [2.05, 4.69) is 27.7 Å². The topological polar surface area (TPSA) is 63.3 Å². The first-order chi connectivity index (χ1) is 11.9. The van der Waals surface area contributed by atoms with Gasteiger partial charge in [0.1, 0.15) is 0 Å². The maximum atomic E-state index is 14.1. The lowest BCUT2D eigenvalue weighted by Gasteiger charge is -2.29. The number of aromatic nitrogens is 1. The number of benzene rings is 1. The molecule has 2 rings (SSSR count). The smallest absolute Gasteiger partial charge is 0.375 e. The third-order valence-corrected chi connectivity index (χ3v) is 3.38. The van der Waals surface area contributed by atoms with E-state index in [9.17, 15) is 30.7 Å². The number of rotatable bonds is 4. The molecule has 1 aromatic carbocycles. The lowest BCUT2D eigenvalue weighted by atomic mass is 9.95. The summed E-state index contributed by atoms with van der Waals surface area (Å²) in [4.78, 5) is 3.81. The molecule has 0 saturated heterocycles. The fourth-order valence-corrected chi connectivity index (χ4v) is 2.16. The molecule has 0 radical (unpaired) electrons. The average molecular weight is 398 g/mol. The van der Waals surface area contributed by atoms with E-state index in [0.717, 1.165) is 24.5 Å². The number of pyridine rings is 1. The molecule has 3 N–H and O–H groups in total. The number of fused-ring (bicyclic) bond motifs is 1. The van der Waals surface area contributed by atoms with Crippen LogP contribution < -0.4 is 11.2 Å². The van der Waals surface area contributed by atoms with Crippen molar-refractivity contribution in [2.45, 2.75) is 18.0 Å². The van der Waals surface area contributed by atoms with Gasteiger partial charge in [-0.3, -0.25) is 10.4 Å². The van der Waals surface area contributed by atoms with Gasteiger partial charge < -0.3 is 5.73 Å². The van der Waals surface area contributed by atoms with Crippen molar-refractivity contribution >= 4 is 34.3 Å². The molecule has 12 heteroatoms. The van der Waals surface area contributed by atoms with Crippen LogP contribution in [0.4, 0.5) is 30.7 Å². The van der Waals surface area contributed by atoms with Gasteiger partial charge in [0.25, 0.3) is 0 Å². The Morgan fingerprint density at radius 2 is 1.73 bits per heavy atom. The zero-order chi connectivity index (χ0) is 19.8. The van der Waals surface area contributed by atoms with Crippen molar-refractivity contribution in [3.63, 3.8) is 0 Å². The minimum Gasteiger partial charge on any atom is -0.375 e. The number of nitrogens with one attached hydrogen (secondary N) is 1. The maximum Gasteiger partial charge on any atom is 0.460 e. The Hall–Kier alpha value is -2.50. The molecule has 1 aromatic heterocycles. The molecule has 0 aliphatic heterocycles. The van der Waals surface area contributed by atoms with Gasteiger partial charge in [-0.2, -0.15) is 35.8 Å². The van der Waals surface area contributed by atoms with Crippen LogP contribution in [0.3, 0.4) is 0 Å². The van der Waals surface area contributed by atoms with E-state index in [1.54, 1.807) is 0 Å². The van der Waals surface area contributed by atoms with Gasteiger partial charge in [-0.25, -0.2) is 0 Å². The first kappa shape index (κ1) is 19.8. The van der Waals surface area contributed by atoms with Crippen molar-refractivity contribution in [1.29, 1.82) is 0 Å². The molecule has 2 aromatic rings. The van der Waals surface area contributed by atoms with E-state index in [-0.39, 0.29) is 16.2 Å². The monoisotopic (exact) mass is 398 g/mol.